The van der Waals surface area contributed by atoms with Crippen molar-refractivity contribution in [2.75, 3.05) is 0 Å². The van der Waals surface area contributed by atoms with Crippen molar-refractivity contribution in [3.63, 3.8) is 0 Å². The van der Waals surface area contributed by atoms with Crippen molar-refractivity contribution in [1.29, 1.82) is 0 Å². The van der Waals surface area contributed by atoms with E-state index in [-0.39, 0.29) is 0 Å². The molecule has 1 aliphatic carbocycles. The maximum absolute atomic E-state index is 6.12. The van der Waals surface area contributed by atoms with Gasteiger partial charge in [-0.1, -0.05) is 23.2 Å². The van der Waals surface area contributed by atoms with Crippen molar-refractivity contribution in [3.05, 3.63) is 22.2 Å². The van der Waals surface area contributed by atoms with Gasteiger partial charge in [0.05, 0.1) is 0 Å². The largest absolute Gasteiger partial charge is 0.365 e. The second kappa shape index (κ2) is 4.13. The van der Waals surface area contributed by atoms with Crippen LogP contribution in [0.4, 0.5) is 0 Å². The zero-order chi connectivity index (χ0) is 10.3. The molecule has 74 valence electrons. The Balaban J connectivity index is 3.04. The summed E-state index contributed by atoms with van der Waals surface area (Å²) in [6, 6.07) is -3.07. The minimum absolute atomic E-state index is 0.315. The van der Waals surface area contributed by atoms with Gasteiger partial charge in [0, 0.05) is 16.5 Å². The maximum atomic E-state index is 6.12. The molecule has 13 heavy (non-hydrogen) atoms. The highest BCUT2D eigenvalue weighted by Gasteiger charge is 2.50. The van der Waals surface area contributed by atoms with E-state index in [1.807, 2.05) is 0 Å². The topological polar surface area (TPSA) is 0 Å². The molecule has 0 aromatic rings. The average molecular weight is 317 g/mol. The van der Waals surface area contributed by atoms with Crippen LogP contribution >= 0.6 is 68.0 Å². The van der Waals surface area contributed by atoms with Crippen molar-refractivity contribution in [2.24, 2.45) is 0 Å². The van der Waals surface area contributed by atoms with Crippen molar-refractivity contribution in [1.82, 2.24) is 0 Å². The molecular weight excluding hydrogens is 313 g/mol. The van der Waals surface area contributed by atoms with Crippen LogP contribution in [0.1, 0.15) is 6.42 Å². The molecule has 0 aromatic carbocycles. The third-order valence-corrected chi connectivity index (χ3v) is 8.28. The Kier molecular flexibility index (Phi) is 3.97. The predicted octanol–water partition coefficient (Wildman–Crippen LogP) is 4.81. The molecule has 0 radical (unpaired) electrons. The van der Waals surface area contributed by atoms with Crippen LogP contribution < -0.4 is 0 Å². The summed E-state index contributed by atoms with van der Waals surface area (Å²) < 4.78 is -1.03. The molecule has 1 unspecified atom stereocenters. The van der Waals surface area contributed by atoms with Crippen molar-refractivity contribution in [2.45, 2.75) is 10.9 Å². The Morgan fingerprint density at radius 1 is 1.23 bits per heavy atom. The molecule has 0 heterocycles. The second-order valence-corrected chi connectivity index (χ2v) is 13.3. The fourth-order valence-electron chi connectivity index (χ4n) is 0.940. The van der Waals surface area contributed by atoms with E-state index in [1.165, 1.54) is 0 Å². The summed E-state index contributed by atoms with van der Waals surface area (Å²) in [6.07, 6.45) is 3.45. The lowest BCUT2D eigenvalue weighted by atomic mass is 10.2. The van der Waals surface area contributed by atoms with E-state index in [4.69, 9.17) is 68.0 Å². The maximum Gasteiger partial charge on any atom is 0.365 e. The van der Waals surface area contributed by atoms with E-state index in [0.29, 0.717) is 16.5 Å². The first-order chi connectivity index (χ1) is 5.74. The quantitative estimate of drug-likeness (QED) is 0.370. The highest BCUT2D eigenvalue weighted by molar-refractivity contribution is 7.67. The molecule has 0 bridgehead atoms. The number of hydrogen-bond donors (Lipinski definition) is 0. The van der Waals surface area contributed by atoms with Gasteiger partial charge in [-0.15, -0.1) is 44.8 Å². The molecule has 0 saturated carbocycles. The van der Waals surface area contributed by atoms with Crippen molar-refractivity contribution >= 4 is 74.0 Å². The molecule has 7 heteroatoms. The number of rotatable bonds is 1. The van der Waals surface area contributed by atoms with E-state index in [0.717, 1.165) is 0 Å². The standard InChI is InChI=1S/C6H4Cl6Si/c7-4-1-5(8)3-6(9,2-4)13(10,11)12/h1-2H,3H2. The first-order valence-corrected chi connectivity index (χ1v) is 9.42. The highest BCUT2D eigenvalue weighted by atomic mass is 35.8. The van der Waals surface area contributed by atoms with Gasteiger partial charge in [-0.3, -0.25) is 0 Å². The minimum Gasteiger partial charge on any atom is -0.124 e. The fourth-order valence-corrected chi connectivity index (χ4v) is 4.03. The highest BCUT2D eigenvalue weighted by Crippen LogP contribution is 2.47. The lowest BCUT2D eigenvalue weighted by molar-refractivity contribution is 0.928. The van der Waals surface area contributed by atoms with E-state index < -0.39 is 10.5 Å². The fraction of sp³-hybridized carbons (Fsp3) is 0.333. The van der Waals surface area contributed by atoms with Crippen LogP contribution in [0.3, 0.4) is 0 Å². The summed E-state index contributed by atoms with van der Waals surface area (Å²) in [5, 5.41) is 0.909. The first kappa shape index (κ1) is 12.5. The van der Waals surface area contributed by atoms with Gasteiger partial charge in [0.1, 0.15) is 4.50 Å². The Hall–Kier alpha value is 1.44. The second-order valence-electron chi connectivity index (χ2n) is 2.66. The average Bonchev–Trinajstić information content (AvgIpc) is 1.79. The lowest BCUT2D eigenvalue weighted by Gasteiger charge is -2.30. The summed E-state index contributed by atoms with van der Waals surface area (Å²) in [5.41, 5.74) is 0. The Bertz CT molecular complexity index is 277. The van der Waals surface area contributed by atoms with Crippen LogP contribution in [0.25, 0.3) is 0 Å². The first-order valence-electron chi connectivity index (χ1n) is 3.25. The normalized spacial score (nSPS) is 29.7. The van der Waals surface area contributed by atoms with Gasteiger partial charge in [0.2, 0.25) is 0 Å². The van der Waals surface area contributed by atoms with Gasteiger partial charge in [0.15, 0.2) is 0 Å². The zero-order valence-electron chi connectivity index (χ0n) is 6.13. The number of allylic oxidation sites excluding steroid dienone is 4. The van der Waals surface area contributed by atoms with Crippen LogP contribution in [0.2, 0.25) is 0 Å². The van der Waals surface area contributed by atoms with Crippen LogP contribution in [0.15, 0.2) is 22.2 Å². The SMILES string of the molecule is ClC1=CC(Cl)([Si](Cl)(Cl)Cl)CC(Cl)=C1. The predicted molar refractivity (Wildman–Crippen MR) is 64.4 cm³/mol. The molecule has 0 spiro atoms. The van der Waals surface area contributed by atoms with Gasteiger partial charge in [-0.25, -0.2) is 0 Å². The smallest absolute Gasteiger partial charge is 0.124 e. The number of hydrogen-bond acceptors (Lipinski definition) is 0. The van der Waals surface area contributed by atoms with E-state index in [9.17, 15) is 0 Å². The van der Waals surface area contributed by atoms with Crippen LogP contribution in [0, 0.1) is 0 Å². The molecule has 0 aromatic heterocycles. The summed E-state index contributed by atoms with van der Waals surface area (Å²) in [4.78, 5) is 0. The molecule has 1 atom stereocenters. The number of alkyl halides is 1. The summed E-state index contributed by atoms with van der Waals surface area (Å²) >= 11 is 35.2. The molecule has 0 aliphatic heterocycles. The third-order valence-electron chi connectivity index (χ3n) is 1.56. The van der Waals surface area contributed by atoms with Crippen LogP contribution in [-0.4, -0.2) is 10.5 Å². The van der Waals surface area contributed by atoms with Crippen LogP contribution in [-0.2, 0) is 0 Å². The third kappa shape index (κ3) is 2.94. The van der Waals surface area contributed by atoms with Gasteiger partial charge < -0.3 is 0 Å². The summed E-state index contributed by atoms with van der Waals surface area (Å²) in [6.45, 7) is 0. The van der Waals surface area contributed by atoms with Crippen molar-refractivity contribution in [3.8, 4) is 0 Å². The van der Waals surface area contributed by atoms with Crippen LogP contribution in [0.5, 0.6) is 0 Å². The van der Waals surface area contributed by atoms with Gasteiger partial charge in [-0.2, -0.15) is 0 Å². The van der Waals surface area contributed by atoms with Gasteiger partial charge >= 0.3 is 6.00 Å². The molecule has 0 N–H and O–H groups in total. The van der Waals surface area contributed by atoms with Gasteiger partial charge in [-0.05, 0) is 12.2 Å². The zero-order valence-corrected chi connectivity index (χ0v) is 11.7. The number of halogens is 6. The van der Waals surface area contributed by atoms with Gasteiger partial charge in [0.25, 0.3) is 0 Å². The van der Waals surface area contributed by atoms with E-state index in [1.54, 1.807) is 12.2 Å². The summed E-state index contributed by atoms with van der Waals surface area (Å²) in [7, 11) is 0. The molecular formula is C6H4Cl6Si. The molecule has 1 aliphatic rings. The monoisotopic (exact) mass is 314 g/mol. The molecule has 0 saturated heterocycles. The molecule has 0 amide bonds. The molecule has 1 rings (SSSR count). The summed E-state index contributed by atoms with van der Waals surface area (Å²) in [5.74, 6) is 0. The molecule has 0 fully saturated rings. The molecule has 0 nitrogen and oxygen atoms in total. The Morgan fingerprint density at radius 3 is 2.15 bits per heavy atom. The van der Waals surface area contributed by atoms with E-state index >= 15 is 0 Å². The Morgan fingerprint density at radius 2 is 1.77 bits per heavy atom. The lowest BCUT2D eigenvalue weighted by Crippen LogP contribution is -2.41. The van der Waals surface area contributed by atoms with Crippen molar-refractivity contribution < 1.29 is 0 Å². The Labute approximate surface area is 106 Å². The van der Waals surface area contributed by atoms with E-state index in [2.05, 4.69) is 0 Å². The minimum atomic E-state index is -3.07.